The van der Waals surface area contributed by atoms with Crippen LogP contribution in [0.15, 0.2) is 28.6 Å². The highest BCUT2D eigenvalue weighted by atomic mass is 16.6. The van der Waals surface area contributed by atoms with Crippen molar-refractivity contribution in [1.29, 1.82) is 0 Å². The average molecular weight is 334 g/mol. The zero-order chi connectivity index (χ0) is 18.0. The fraction of sp³-hybridized carbons (Fsp3) is 0.312. The molecule has 0 bridgehead atoms. The van der Waals surface area contributed by atoms with Crippen LogP contribution in [0.5, 0.6) is 17.2 Å². The number of ether oxygens (including phenoxy) is 2. The van der Waals surface area contributed by atoms with Crippen molar-refractivity contribution in [2.45, 2.75) is 20.4 Å². The monoisotopic (exact) mass is 334 g/mol. The molecular formula is C16H18N2O6. The van der Waals surface area contributed by atoms with Gasteiger partial charge in [0.1, 0.15) is 0 Å². The van der Waals surface area contributed by atoms with Crippen molar-refractivity contribution >= 4 is 16.6 Å². The van der Waals surface area contributed by atoms with E-state index in [1.165, 1.54) is 30.9 Å². The molecule has 0 spiro atoms. The van der Waals surface area contributed by atoms with Crippen LogP contribution in [0, 0.1) is 10.1 Å². The van der Waals surface area contributed by atoms with Crippen LogP contribution in [0.2, 0.25) is 0 Å². The Balaban J connectivity index is 2.97. The summed E-state index contributed by atoms with van der Waals surface area (Å²) in [6.07, 6.45) is 1.76. The van der Waals surface area contributed by atoms with Gasteiger partial charge in [0.25, 0.3) is 0 Å². The summed E-state index contributed by atoms with van der Waals surface area (Å²) in [7, 11) is 2.85. The second-order valence-electron chi connectivity index (χ2n) is 5.38. The molecule has 0 unspecified atom stereocenters. The van der Waals surface area contributed by atoms with E-state index in [1.807, 2.05) is 13.8 Å². The van der Waals surface area contributed by atoms with Crippen LogP contribution in [-0.4, -0.2) is 28.8 Å². The lowest BCUT2D eigenvalue weighted by Gasteiger charge is -2.14. The van der Waals surface area contributed by atoms with Crippen LogP contribution in [-0.2, 0) is 6.54 Å². The van der Waals surface area contributed by atoms with Crippen molar-refractivity contribution in [3.8, 4) is 17.2 Å². The number of aromatic nitrogens is 1. The van der Waals surface area contributed by atoms with Gasteiger partial charge in [0.05, 0.1) is 30.0 Å². The largest absolute Gasteiger partial charge is 0.501 e. The van der Waals surface area contributed by atoms with Crippen LogP contribution < -0.4 is 15.0 Å². The minimum Gasteiger partial charge on any atom is -0.501 e. The Morgan fingerprint density at radius 2 is 1.88 bits per heavy atom. The molecule has 0 amide bonds. The third kappa shape index (κ3) is 2.90. The van der Waals surface area contributed by atoms with Crippen LogP contribution in [0.4, 0.5) is 5.69 Å². The number of hydrogen-bond donors (Lipinski definition) is 1. The number of aromatic hydroxyl groups is 1. The van der Waals surface area contributed by atoms with Gasteiger partial charge in [0.2, 0.25) is 5.75 Å². The Kier molecular flexibility index (Phi) is 4.77. The summed E-state index contributed by atoms with van der Waals surface area (Å²) in [4.78, 5) is 22.8. The Morgan fingerprint density at radius 1 is 1.29 bits per heavy atom. The quantitative estimate of drug-likeness (QED) is 0.512. The van der Waals surface area contributed by atoms with E-state index in [4.69, 9.17) is 9.47 Å². The van der Waals surface area contributed by atoms with E-state index in [0.717, 1.165) is 5.57 Å². The highest BCUT2D eigenvalue weighted by Crippen LogP contribution is 2.38. The lowest BCUT2D eigenvalue weighted by atomic mass is 10.1. The lowest BCUT2D eigenvalue weighted by molar-refractivity contribution is -0.387. The van der Waals surface area contributed by atoms with Gasteiger partial charge in [-0.2, -0.15) is 0 Å². The second kappa shape index (κ2) is 6.61. The molecule has 0 aliphatic rings. The predicted molar refractivity (Wildman–Crippen MR) is 89.1 cm³/mol. The summed E-state index contributed by atoms with van der Waals surface area (Å²) < 4.78 is 11.6. The first-order valence-corrected chi connectivity index (χ1v) is 7.11. The molecular weight excluding hydrogens is 316 g/mol. The molecule has 1 aromatic carbocycles. The Labute approximate surface area is 137 Å². The summed E-state index contributed by atoms with van der Waals surface area (Å²) in [5.74, 6) is -0.0417. The number of rotatable bonds is 5. The summed E-state index contributed by atoms with van der Waals surface area (Å²) in [6, 6.07) is 2.92. The molecule has 0 aliphatic carbocycles. The number of nitro groups is 1. The molecule has 2 aromatic rings. The van der Waals surface area contributed by atoms with Crippen LogP contribution in [0.25, 0.3) is 10.9 Å². The van der Waals surface area contributed by atoms with Gasteiger partial charge < -0.3 is 14.6 Å². The molecule has 0 fully saturated rings. The maximum atomic E-state index is 12.5. The molecule has 8 nitrogen and oxygen atoms in total. The van der Waals surface area contributed by atoms with Gasteiger partial charge in [-0.15, -0.1) is 0 Å². The van der Waals surface area contributed by atoms with Gasteiger partial charge >= 0.3 is 11.2 Å². The predicted octanol–water partition coefficient (Wildman–Crippen LogP) is 2.60. The summed E-state index contributed by atoms with van der Waals surface area (Å²) in [5, 5.41) is 21.6. The number of allylic oxidation sites excluding steroid dienone is 2. The smallest absolute Gasteiger partial charge is 0.375 e. The fourth-order valence-corrected chi connectivity index (χ4v) is 2.37. The van der Waals surface area contributed by atoms with Crippen LogP contribution in [0.1, 0.15) is 13.8 Å². The van der Waals surface area contributed by atoms with Crippen molar-refractivity contribution in [2.24, 2.45) is 0 Å². The molecule has 0 saturated carbocycles. The van der Waals surface area contributed by atoms with Gasteiger partial charge in [0.15, 0.2) is 11.5 Å². The number of pyridine rings is 1. The lowest BCUT2D eigenvalue weighted by Crippen LogP contribution is -2.23. The SMILES string of the molecule is COc1cc2c(O)c([N+](=O)[O-])c(=O)n(CC=C(C)C)c2cc1OC. The summed E-state index contributed by atoms with van der Waals surface area (Å²) in [5.41, 5.74) is -0.476. The zero-order valence-corrected chi connectivity index (χ0v) is 13.8. The Morgan fingerprint density at radius 3 is 2.38 bits per heavy atom. The number of nitrogens with zero attached hydrogens (tertiary/aromatic N) is 2. The van der Waals surface area contributed by atoms with Crippen molar-refractivity contribution in [3.63, 3.8) is 0 Å². The van der Waals surface area contributed by atoms with E-state index in [0.29, 0.717) is 17.0 Å². The van der Waals surface area contributed by atoms with Gasteiger partial charge in [-0.05, 0) is 19.9 Å². The number of benzene rings is 1. The molecule has 0 aliphatic heterocycles. The minimum absolute atomic E-state index is 0.133. The first kappa shape index (κ1) is 17.3. The third-order valence-electron chi connectivity index (χ3n) is 3.58. The van der Waals surface area contributed by atoms with E-state index in [9.17, 15) is 20.0 Å². The van der Waals surface area contributed by atoms with E-state index in [-0.39, 0.29) is 11.9 Å². The molecule has 8 heteroatoms. The molecule has 2 rings (SSSR count). The molecule has 0 radical (unpaired) electrons. The Bertz CT molecular complexity index is 894. The molecule has 0 atom stereocenters. The highest BCUT2D eigenvalue weighted by Gasteiger charge is 2.26. The molecule has 1 N–H and O–H groups in total. The zero-order valence-electron chi connectivity index (χ0n) is 13.8. The maximum absolute atomic E-state index is 12.5. The topological polar surface area (TPSA) is 104 Å². The number of hydrogen-bond acceptors (Lipinski definition) is 6. The van der Waals surface area contributed by atoms with Gasteiger partial charge in [-0.3, -0.25) is 19.5 Å². The number of methoxy groups -OCH3 is 2. The standard InChI is InChI=1S/C16H18N2O6/c1-9(2)5-6-17-11-8-13(24-4)12(23-3)7-10(11)15(19)14(16(17)20)18(21)22/h5,7-8,19H,6H2,1-4H3. The van der Waals surface area contributed by atoms with E-state index < -0.39 is 21.9 Å². The van der Waals surface area contributed by atoms with E-state index in [1.54, 1.807) is 6.08 Å². The van der Waals surface area contributed by atoms with Crippen LogP contribution >= 0.6 is 0 Å². The normalized spacial score (nSPS) is 10.5. The summed E-state index contributed by atoms with van der Waals surface area (Å²) >= 11 is 0. The highest BCUT2D eigenvalue weighted by molar-refractivity contribution is 5.91. The molecule has 128 valence electrons. The fourth-order valence-electron chi connectivity index (χ4n) is 2.37. The van der Waals surface area contributed by atoms with E-state index >= 15 is 0 Å². The van der Waals surface area contributed by atoms with Crippen molar-refractivity contribution in [1.82, 2.24) is 4.57 Å². The van der Waals surface area contributed by atoms with Gasteiger partial charge in [-0.25, -0.2) is 0 Å². The number of fused-ring (bicyclic) bond motifs is 1. The molecule has 0 saturated heterocycles. The first-order valence-electron chi connectivity index (χ1n) is 7.11. The van der Waals surface area contributed by atoms with Crippen molar-refractivity contribution in [2.75, 3.05) is 14.2 Å². The van der Waals surface area contributed by atoms with Crippen molar-refractivity contribution in [3.05, 3.63) is 44.2 Å². The van der Waals surface area contributed by atoms with Gasteiger partial charge in [-0.1, -0.05) is 11.6 Å². The average Bonchev–Trinajstić information content (AvgIpc) is 2.52. The minimum atomic E-state index is -0.882. The second-order valence-corrected chi connectivity index (χ2v) is 5.38. The molecule has 1 heterocycles. The van der Waals surface area contributed by atoms with Crippen LogP contribution in [0.3, 0.4) is 0 Å². The van der Waals surface area contributed by atoms with Crippen molar-refractivity contribution < 1.29 is 19.5 Å². The van der Waals surface area contributed by atoms with E-state index in [2.05, 4.69) is 0 Å². The third-order valence-corrected chi connectivity index (χ3v) is 3.58. The first-order chi connectivity index (χ1) is 11.3. The van der Waals surface area contributed by atoms with Gasteiger partial charge in [0, 0.05) is 12.6 Å². The Hall–Kier alpha value is -3.03. The maximum Gasteiger partial charge on any atom is 0.375 e. The molecule has 24 heavy (non-hydrogen) atoms. The summed E-state index contributed by atoms with van der Waals surface area (Å²) in [6.45, 7) is 3.84. The molecule has 1 aromatic heterocycles.